The molecule has 4 atom stereocenters. The molecule has 1 fully saturated rings. The quantitative estimate of drug-likeness (QED) is 0.245. The second-order valence-electron chi connectivity index (χ2n) is 8.57. The number of ether oxygens (including phenoxy) is 2. The predicted octanol–water partition coefficient (Wildman–Crippen LogP) is 5.74. The lowest BCUT2D eigenvalue weighted by Gasteiger charge is -2.33. The fourth-order valence-electron chi connectivity index (χ4n) is 4.49. The highest BCUT2D eigenvalue weighted by molar-refractivity contribution is 7.99. The number of esters is 1. The first-order valence-electron chi connectivity index (χ1n) is 11.7. The molecule has 0 heterocycles. The summed E-state index contributed by atoms with van der Waals surface area (Å²) in [7, 11) is 1.60. The Bertz CT molecular complexity index is 1070. The molecule has 34 heavy (non-hydrogen) atoms. The third-order valence-corrected chi connectivity index (χ3v) is 7.75. The highest BCUT2D eigenvalue weighted by Gasteiger charge is 2.35. The van der Waals surface area contributed by atoms with Crippen LogP contribution in [0.3, 0.4) is 0 Å². The summed E-state index contributed by atoms with van der Waals surface area (Å²) in [5.74, 6) is 0.246. The largest absolute Gasteiger partial charge is 0.497 e. The summed E-state index contributed by atoms with van der Waals surface area (Å²) in [5.41, 5.74) is 8.73. The molecule has 4 unspecified atom stereocenters. The molecule has 3 N–H and O–H groups in total. The van der Waals surface area contributed by atoms with Crippen molar-refractivity contribution >= 4 is 23.4 Å². The van der Waals surface area contributed by atoms with E-state index in [0.717, 1.165) is 36.1 Å². The fourth-order valence-corrected chi connectivity index (χ4v) is 5.66. The SMILES string of the molecule is COc1ccc(C(Sc2ccccc2N)C(O)C(=O)OC2CCCCC2c2ccccc2)cc1. The second-order valence-corrected chi connectivity index (χ2v) is 9.75. The Hall–Kier alpha value is -2.96. The van der Waals surface area contributed by atoms with Gasteiger partial charge in [0.1, 0.15) is 11.9 Å². The molecule has 3 aromatic rings. The molecule has 0 saturated heterocycles. The van der Waals surface area contributed by atoms with Crippen LogP contribution >= 0.6 is 11.8 Å². The summed E-state index contributed by atoms with van der Waals surface area (Å²) >= 11 is 1.36. The van der Waals surface area contributed by atoms with E-state index in [0.29, 0.717) is 11.4 Å². The van der Waals surface area contributed by atoms with Crippen LogP contribution < -0.4 is 10.5 Å². The first kappa shape index (κ1) is 24.2. The number of para-hydroxylation sites is 1. The zero-order valence-corrected chi connectivity index (χ0v) is 20.1. The zero-order chi connectivity index (χ0) is 23.9. The third kappa shape index (κ3) is 5.75. The molecular weight excluding hydrogens is 446 g/mol. The van der Waals surface area contributed by atoms with Crippen molar-refractivity contribution in [2.45, 2.75) is 54.0 Å². The molecule has 1 aliphatic carbocycles. The molecular formula is C28H31NO4S. The minimum atomic E-state index is -1.35. The van der Waals surface area contributed by atoms with E-state index in [-0.39, 0.29) is 12.0 Å². The summed E-state index contributed by atoms with van der Waals surface area (Å²) in [6.07, 6.45) is 2.28. The van der Waals surface area contributed by atoms with Crippen LogP contribution in [0.4, 0.5) is 5.69 Å². The Labute approximate surface area is 205 Å². The molecule has 1 saturated carbocycles. The van der Waals surface area contributed by atoms with Gasteiger partial charge in [-0.3, -0.25) is 0 Å². The van der Waals surface area contributed by atoms with Crippen LogP contribution in [-0.2, 0) is 9.53 Å². The number of aliphatic hydroxyl groups is 1. The van der Waals surface area contributed by atoms with Crippen LogP contribution in [0.15, 0.2) is 83.8 Å². The Balaban J connectivity index is 1.56. The number of methoxy groups -OCH3 is 1. The molecule has 0 bridgehead atoms. The number of rotatable bonds is 8. The average Bonchev–Trinajstić information content (AvgIpc) is 2.89. The van der Waals surface area contributed by atoms with Gasteiger partial charge < -0.3 is 20.3 Å². The van der Waals surface area contributed by atoms with Gasteiger partial charge in [-0.25, -0.2) is 4.79 Å². The van der Waals surface area contributed by atoms with Crippen molar-refractivity contribution in [1.82, 2.24) is 0 Å². The Kier molecular flexibility index (Phi) is 8.14. The average molecular weight is 478 g/mol. The number of hydrogen-bond donors (Lipinski definition) is 2. The topological polar surface area (TPSA) is 81.8 Å². The van der Waals surface area contributed by atoms with Crippen LogP contribution in [-0.4, -0.2) is 30.4 Å². The van der Waals surface area contributed by atoms with Gasteiger partial charge in [-0.1, -0.05) is 61.0 Å². The molecule has 5 nitrogen and oxygen atoms in total. The highest BCUT2D eigenvalue weighted by atomic mass is 32.2. The van der Waals surface area contributed by atoms with Gasteiger partial charge in [0.05, 0.1) is 12.4 Å². The van der Waals surface area contributed by atoms with E-state index in [4.69, 9.17) is 15.2 Å². The summed E-state index contributed by atoms with van der Waals surface area (Å²) in [6.45, 7) is 0. The van der Waals surface area contributed by atoms with Crippen molar-refractivity contribution in [2.75, 3.05) is 12.8 Å². The van der Waals surface area contributed by atoms with Crippen LogP contribution in [0.2, 0.25) is 0 Å². The van der Waals surface area contributed by atoms with E-state index < -0.39 is 17.3 Å². The number of nitrogen functional groups attached to an aromatic ring is 1. The fraction of sp³-hybridized carbons (Fsp3) is 0.321. The summed E-state index contributed by atoms with van der Waals surface area (Å²) in [5, 5.41) is 10.6. The van der Waals surface area contributed by atoms with Crippen LogP contribution in [0.1, 0.15) is 48.0 Å². The number of anilines is 1. The maximum absolute atomic E-state index is 13.3. The normalized spacial score (nSPS) is 19.7. The molecule has 0 spiro atoms. The van der Waals surface area contributed by atoms with Crippen molar-refractivity contribution in [2.24, 2.45) is 0 Å². The number of thioether (sulfide) groups is 1. The summed E-state index contributed by atoms with van der Waals surface area (Å²) in [6, 6.07) is 25.0. The Morgan fingerprint density at radius 3 is 2.35 bits per heavy atom. The van der Waals surface area contributed by atoms with Crippen LogP contribution in [0, 0.1) is 0 Å². The Morgan fingerprint density at radius 1 is 0.971 bits per heavy atom. The standard InChI is InChI=1S/C28H31NO4S/c1-32-21-17-15-20(16-18-21)27(34-25-14-8-6-12-23(25)29)26(30)28(31)33-24-13-7-5-11-22(24)19-9-3-2-4-10-19/h2-4,6,8-10,12,14-18,22,24,26-27,30H,5,7,11,13,29H2,1H3. The van der Waals surface area contributed by atoms with Gasteiger partial charge in [-0.2, -0.15) is 0 Å². The molecule has 0 radical (unpaired) electrons. The molecule has 178 valence electrons. The van der Waals surface area contributed by atoms with Gasteiger partial charge in [-0.05, 0) is 54.7 Å². The number of hydrogen-bond acceptors (Lipinski definition) is 6. The maximum Gasteiger partial charge on any atom is 0.336 e. The molecule has 0 aliphatic heterocycles. The summed E-state index contributed by atoms with van der Waals surface area (Å²) < 4.78 is 11.2. The van der Waals surface area contributed by atoms with Crippen molar-refractivity contribution in [3.05, 3.63) is 90.0 Å². The van der Waals surface area contributed by atoms with Crippen molar-refractivity contribution in [3.63, 3.8) is 0 Å². The van der Waals surface area contributed by atoms with Gasteiger partial charge in [-0.15, -0.1) is 11.8 Å². The van der Waals surface area contributed by atoms with E-state index >= 15 is 0 Å². The van der Waals surface area contributed by atoms with Crippen molar-refractivity contribution < 1.29 is 19.4 Å². The number of benzene rings is 3. The first-order chi connectivity index (χ1) is 16.6. The van der Waals surface area contributed by atoms with Crippen molar-refractivity contribution in [3.8, 4) is 5.75 Å². The monoisotopic (exact) mass is 477 g/mol. The number of aliphatic hydroxyl groups excluding tert-OH is 1. The van der Waals surface area contributed by atoms with E-state index in [1.54, 1.807) is 7.11 Å². The third-order valence-electron chi connectivity index (χ3n) is 6.34. The molecule has 1 aliphatic rings. The zero-order valence-electron chi connectivity index (χ0n) is 19.3. The minimum Gasteiger partial charge on any atom is -0.497 e. The lowest BCUT2D eigenvalue weighted by molar-refractivity contribution is -0.161. The summed E-state index contributed by atoms with van der Waals surface area (Å²) in [4.78, 5) is 14.1. The number of carbonyl (C=O) groups excluding carboxylic acids is 1. The van der Waals surface area contributed by atoms with Crippen LogP contribution in [0.25, 0.3) is 0 Å². The molecule has 6 heteroatoms. The lowest BCUT2D eigenvalue weighted by Crippen LogP contribution is -2.35. The van der Waals surface area contributed by atoms with E-state index in [1.807, 2.05) is 66.7 Å². The van der Waals surface area contributed by atoms with E-state index in [2.05, 4.69) is 12.1 Å². The second kappa shape index (κ2) is 11.4. The molecule has 4 rings (SSSR count). The smallest absolute Gasteiger partial charge is 0.336 e. The van der Waals surface area contributed by atoms with Gasteiger partial charge in [0, 0.05) is 16.5 Å². The van der Waals surface area contributed by atoms with Gasteiger partial charge in [0.15, 0.2) is 6.10 Å². The number of carbonyl (C=O) groups is 1. The van der Waals surface area contributed by atoms with Gasteiger partial charge in [0.2, 0.25) is 0 Å². The van der Waals surface area contributed by atoms with Gasteiger partial charge in [0.25, 0.3) is 0 Å². The molecule has 3 aromatic carbocycles. The highest BCUT2D eigenvalue weighted by Crippen LogP contribution is 2.42. The lowest BCUT2D eigenvalue weighted by atomic mass is 9.81. The van der Waals surface area contributed by atoms with Gasteiger partial charge >= 0.3 is 5.97 Å². The maximum atomic E-state index is 13.3. The van der Waals surface area contributed by atoms with Crippen LogP contribution in [0.5, 0.6) is 5.75 Å². The van der Waals surface area contributed by atoms with E-state index in [9.17, 15) is 9.90 Å². The van der Waals surface area contributed by atoms with Crippen molar-refractivity contribution in [1.29, 1.82) is 0 Å². The molecule has 0 aromatic heterocycles. The minimum absolute atomic E-state index is 0.142. The predicted molar refractivity (Wildman–Crippen MR) is 136 cm³/mol. The molecule has 0 amide bonds. The van der Waals surface area contributed by atoms with E-state index in [1.165, 1.54) is 17.3 Å². The number of nitrogens with two attached hydrogens (primary N) is 1. The Morgan fingerprint density at radius 2 is 1.65 bits per heavy atom. The first-order valence-corrected chi connectivity index (χ1v) is 12.5.